The number of anilines is 1. The first-order chi connectivity index (χ1) is 8.92. The highest BCUT2D eigenvalue weighted by atomic mass is 79.9. The van der Waals surface area contributed by atoms with Crippen molar-refractivity contribution in [2.75, 3.05) is 4.72 Å². The van der Waals surface area contributed by atoms with Crippen LogP contribution in [0.1, 0.15) is 6.92 Å². The van der Waals surface area contributed by atoms with Crippen LogP contribution in [0.2, 0.25) is 0 Å². The van der Waals surface area contributed by atoms with Crippen LogP contribution in [0.5, 0.6) is 0 Å². The zero-order valence-corrected chi connectivity index (χ0v) is 13.2. The van der Waals surface area contributed by atoms with Crippen molar-refractivity contribution in [1.29, 1.82) is 0 Å². The lowest BCUT2D eigenvalue weighted by Gasteiger charge is -2.08. The van der Waals surface area contributed by atoms with E-state index in [2.05, 4.69) is 20.7 Å². The average Bonchev–Trinajstić information content (AvgIpc) is 2.79. The Morgan fingerprint density at radius 2 is 2.05 bits per heavy atom. The van der Waals surface area contributed by atoms with Crippen molar-refractivity contribution in [3.8, 4) is 0 Å². The van der Waals surface area contributed by atoms with Gasteiger partial charge in [-0.25, -0.2) is 8.42 Å². The van der Waals surface area contributed by atoms with Crippen molar-refractivity contribution in [3.63, 3.8) is 0 Å². The van der Waals surface area contributed by atoms with Gasteiger partial charge < -0.3 is 4.57 Å². The molecule has 2 rings (SSSR count). The summed E-state index contributed by atoms with van der Waals surface area (Å²) in [5.41, 5.74) is 0.204. The van der Waals surface area contributed by atoms with Gasteiger partial charge in [0.15, 0.2) is 0 Å². The van der Waals surface area contributed by atoms with Crippen LogP contribution in [0.3, 0.4) is 0 Å². The van der Waals surface area contributed by atoms with Crippen LogP contribution in [0.15, 0.2) is 43.3 Å². The number of nitrogens with zero attached hydrogens (tertiary/aromatic N) is 1. The summed E-state index contributed by atoms with van der Waals surface area (Å²) in [6.07, 6.45) is 1.49. The van der Waals surface area contributed by atoms with Crippen LogP contribution in [0, 0.1) is 0 Å². The molecule has 0 radical (unpaired) electrons. The Hall–Kier alpha value is -1.12. The van der Waals surface area contributed by atoms with Gasteiger partial charge in [-0.2, -0.15) is 0 Å². The number of aromatic nitrogens is 1. The van der Waals surface area contributed by atoms with E-state index in [-0.39, 0.29) is 9.77 Å². The van der Waals surface area contributed by atoms with Gasteiger partial charge in [0, 0.05) is 18.8 Å². The smallest absolute Gasteiger partial charge is 0.271 e. The van der Waals surface area contributed by atoms with Crippen molar-refractivity contribution >= 4 is 43.0 Å². The molecule has 0 fully saturated rings. The highest BCUT2D eigenvalue weighted by molar-refractivity contribution is 9.11. The fourth-order valence-corrected chi connectivity index (χ4v) is 4.54. The summed E-state index contributed by atoms with van der Waals surface area (Å²) in [5.74, 6) is 0. The first kappa shape index (κ1) is 14.3. The minimum Gasteiger partial charge on any atom is -0.314 e. The third-order valence-electron chi connectivity index (χ3n) is 2.39. The Morgan fingerprint density at radius 3 is 2.63 bits per heavy atom. The van der Waals surface area contributed by atoms with E-state index in [1.54, 1.807) is 6.07 Å². The predicted octanol–water partition coefficient (Wildman–Crippen LogP) is 2.49. The Labute approximate surface area is 123 Å². The maximum atomic E-state index is 12.1. The van der Waals surface area contributed by atoms with Crippen LogP contribution in [0.4, 0.5) is 5.69 Å². The molecule has 0 aliphatic heterocycles. The predicted molar refractivity (Wildman–Crippen MR) is 79.2 cm³/mol. The molecule has 1 N–H and O–H groups in total. The first-order valence-electron chi connectivity index (χ1n) is 5.41. The van der Waals surface area contributed by atoms with Crippen molar-refractivity contribution in [2.45, 2.75) is 17.7 Å². The molecule has 19 heavy (non-hydrogen) atoms. The van der Waals surface area contributed by atoms with Crippen molar-refractivity contribution in [2.24, 2.45) is 0 Å². The highest BCUT2D eigenvalue weighted by Crippen LogP contribution is 2.27. The van der Waals surface area contributed by atoms with Gasteiger partial charge >= 0.3 is 0 Å². The van der Waals surface area contributed by atoms with Crippen LogP contribution < -0.4 is 10.3 Å². The van der Waals surface area contributed by atoms with E-state index in [0.29, 0.717) is 12.2 Å². The molecule has 0 unspecified atom stereocenters. The molecule has 0 bridgehead atoms. The van der Waals surface area contributed by atoms with E-state index < -0.39 is 10.0 Å². The van der Waals surface area contributed by atoms with Gasteiger partial charge in [-0.3, -0.25) is 9.52 Å². The molecule has 102 valence electrons. The van der Waals surface area contributed by atoms with Gasteiger partial charge in [-0.15, -0.1) is 11.3 Å². The standard InChI is InChI=1S/C11H11BrN2O3S2/c1-2-14-7-8(3-5-10(14)15)13-19(16,17)11-6-4-9(12)18-11/h3-7,13H,2H2,1H3. The number of sulfonamides is 1. The normalized spacial score (nSPS) is 11.5. The quantitative estimate of drug-likeness (QED) is 0.908. The van der Waals surface area contributed by atoms with Gasteiger partial charge in [0.25, 0.3) is 15.6 Å². The van der Waals surface area contributed by atoms with E-state index in [9.17, 15) is 13.2 Å². The van der Waals surface area contributed by atoms with E-state index in [1.165, 1.54) is 29.0 Å². The molecule has 8 heteroatoms. The van der Waals surface area contributed by atoms with Crippen molar-refractivity contribution in [1.82, 2.24) is 4.57 Å². The molecule has 0 aliphatic rings. The van der Waals surface area contributed by atoms with Crippen LogP contribution in [-0.4, -0.2) is 13.0 Å². The van der Waals surface area contributed by atoms with E-state index in [4.69, 9.17) is 0 Å². The van der Waals surface area contributed by atoms with Crippen molar-refractivity contribution < 1.29 is 8.42 Å². The number of rotatable bonds is 4. The van der Waals surface area contributed by atoms with Crippen LogP contribution in [-0.2, 0) is 16.6 Å². The summed E-state index contributed by atoms with van der Waals surface area (Å²) < 4.78 is 29.0. The summed E-state index contributed by atoms with van der Waals surface area (Å²) in [6.45, 7) is 2.30. The van der Waals surface area contributed by atoms with E-state index in [1.807, 2.05) is 6.92 Å². The van der Waals surface area contributed by atoms with Crippen LogP contribution >= 0.6 is 27.3 Å². The summed E-state index contributed by atoms with van der Waals surface area (Å²) in [7, 11) is -3.61. The summed E-state index contributed by atoms with van der Waals surface area (Å²) >= 11 is 4.35. The fourth-order valence-electron chi connectivity index (χ4n) is 1.49. The molecular formula is C11H11BrN2O3S2. The molecular weight excluding hydrogens is 352 g/mol. The summed E-state index contributed by atoms with van der Waals surface area (Å²) in [5, 5.41) is 0. The molecule has 0 saturated heterocycles. The van der Waals surface area contributed by atoms with E-state index in [0.717, 1.165) is 15.1 Å². The Bertz CT molecular complexity index is 749. The third-order valence-corrected chi connectivity index (χ3v) is 5.89. The molecule has 2 aromatic heterocycles. The maximum Gasteiger partial charge on any atom is 0.271 e. The highest BCUT2D eigenvalue weighted by Gasteiger charge is 2.16. The number of hydrogen-bond acceptors (Lipinski definition) is 4. The zero-order valence-electron chi connectivity index (χ0n) is 9.96. The Morgan fingerprint density at radius 1 is 1.32 bits per heavy atom. The number of hydrogen-bond donors (Lipinski definition) is 1. The van der Waals surface area contributed by atoms with E-state index >= 15 is 0 Å². The molecule has 0 saturated carbocycles. The molecule has 0 aliphatic carbocycles. The molecule has 0 spiro atoms. The topological polar surface area (TPSA) is 68.2 Å². The molecule has 0 amide bonds. The minimum absolute atomic E-state index is 0.163. The average molecular weight is 363 g/mol. The number of thiophene rings is 1. The lowest BCUT2D eigenvalue weighted by Crippen LogP contribution is -2.19. The second kappa shape index (κ2) is 5.48. The fraction of sp³-hybridized carbons (Fsp3) is 0.182. The lowest BCUT2D eigenvalue weighted by molar-refractivity contribution is 0.603. The lowest BCUT2D eigenvalue weighted by atomic mass is 10.4. The molecule has 2 heterocycles. The SMILES string of the molecule is CCn1cc(NS(=O)(=O)c2ccc(Br)s2)ccc1=O. The second-order valence-corrected chi connectivity index (χ2v) is 8.08. The Kier molecular flexibility index (Phi) is 4.12. The van der Waals surface area contributed by atoms with Gasteiger partial charge in [0.1, 0.15) is 4.21 Å². The summed E-state index contributed by atoms with van der Waals surface area (Å²) in [4.78, 5) is 11.4. The van der Waals surface area contributed by atoms with Gasteiger partial charge in [0.05, 0.1) is 9.47 Å². The number of nitrogens with one attached hydrogen (secondary N) is 1. The van der Waals surface area contributed by atoms with Crippen LogP contribution in [0.25, 0.3) is 0 Å². The van der Waals surface area contributed by atoms with Gasteiger partial charge in [0.2, 0.25) is 0 Å². The number of aryl methyl sites for hydroxylation is 1. The zero-order chi connectivity index (χ0) is 14.0. The van der Waals surface area contributed by atoms with Gasteiger partial charge in [-0.05, 0) is 41.1 Å². The number of pyridine rings is 1. The first-order valence-corrected chi connectivity index (χ1v) is 8.50. The molecule has 5 nitrogen and oxygen atoms in total. The molecule has 2 aromatic rings. The van der Waals surface area contributed by atoms with Crippen molar-refractivity contribution in [3.05, 3.63) is 44.6 Å². The second-order valence-electron chi connectivity index (χ2n) is 3.71. The Balaban J connectivity index is 2.33. The maximum absolute atomic E-state index is 12.1. The largest absolute Gasteiger partial charge is 0.314 e. The third kappa shape index (κ3) is 3.26. The summed E-state index contributed by atoms with van der Waals surface area (Å²) in [6, 6.07) is 5.99. The molecule has 0 atom stereocenters. The van der Waals surface area contributed by atoms with Gasteiger partial charge in [-0.1, -0.05) is 0 Å². The molecule has 0 aromatic carbocycles. The minimum atomic E-state index is -3.61. The number of halogens is 1. The monoisotopic (exact) mass is 362 g/mol.